The van der Waals surface area contributed by atoms with Gasteiger partial charge in [0.1, 0.15) is 6.61 Å². The summed E-state index contributed by atoms with van der Waals surface area (Å²) < 4.78 is 13.3. The Balaban J connectivity index is 1.33. The standard InChI is InChI=1S/C23H24N4O2/c1-28-21-9-4-6-17-12-16(15-29-23(17)21)13-25-19-7-5-8-20-18(19)14-26-27(20)22-10-2-3-11-24-22/h2-4,6,9-12,14,19,25H,5,7-8,13,15H2,1H3. The van der Waals surface area contributed by atoms with Gasteiger partial charge in [-0.2, -0.15) is 5.10 Å². The van der Waals surface area contributed by atoms with Crippen LogP contribution in [-0.4, -0.2) is 35.0 Å². The Kier molecular flexibility index (Phi) is 4.77. The zero-order valence-electron chi connectivity index (χ0n) is 16.5. The number of hydrogen-bond donors (Lipinski definition) is 1. The highest BCUT2D eigenvalue weighted by molar-refractivity contribution is 5.66. The molecule has 6 heteroatoms. The smallest absolute Gasteiger partial charge is 0.168 e. The average molecular weight is 388 g/mol. The molecule has 6 nitrogen and oxygen atoms in total. The van der Waals surface area contributed by atoms with Gasteiger partial charge >= 0.3 is 0 Å². The quantitative estimate of drug-likeness (QED) is 0.722. The molecule has 1 aromatic carbocycles. The fourth-order valence-corrected chi connectivity index (χ4v) is 4.19. The van der Waals surface area contributed by atoms with E-state index in [1.54, 1.807) is 7.11 Å². The molecule has 1 aliphatic heterocycles. The zero-order valence-corrected chi connectivity index (χ0v) is 16.5. The maximum Gasteiger partial charge on any atom is 0.168 e. The van der Waals surface area contributed by atoms with E-state index in [0.717, 1.165) is 48.7 Å². The molecule has 3 aromatic rings. The number of benzene rings is 1. The number of nitrogens with zero attached hydrogens (tertiary/aromatic N) is 3. The molecule has 3 heterocycles. The normalized spacial score (nSPS) is 17.7. The average Bonchev–Trinajstić information content (AvgIpc) is 3.22. The van der Waals surface area contributed by atoms with Crippen molar-refractivity contribution < 1.29 is 9.47 Å². The van der Waals surface area contributed by atoms with Crippen molar-refractivity contribution in [2.24, 2.45) is 0 Å². The summed E-state index contributed by atoms with van der Waals surface area (Å²) in [6, 6.07) is 12.2. The van der Waals surface area contributed by atoms with Crippen LogP contribution in [0.1, 0.15) is 35.7 Å². The molecule has 148 valence electrons. The molecule has 0 radical (unpaired) electrons. The molecule has 2 aliphatic rings. The molecule has 29 heavy (non-hydrogen) atoms. The minimum absolute atomic E-state index is 0.295. The van der Waals surface area contributed by atoms with Gasteiger partial charge in [0.05, 0.1) is 19.0 Å². The van der Waals surface area contributed by atoms with Crippen LogP contribution >= 0.6 is 0 Å². The fraction of sp³-hybridized carbons (Fsp3) is 0.304. The van der Waals surface area contributed by atoms with E-state index < -0.39 is 0 Å². The van der Waals surface area contributed by atoms with Crippen molar-refractivity contribution in [1.82, 2.24) is 20.1 Å². The third-order valence-electron chi connectivity index (χ3n) is 5.62. The molecule has 0 fully saturated rings. The van der Waals surface area contributed by atoms with Crippen molar-refractivity contribution in [2.75, 3.05) is 20.3 Å². The Labute approximate surface area is 170 Å². The largest absolute Gasteiger partial charge is 0.493 e. The van der Waals surface area contributed by atoms with Crippen LogP contribution in [0, 0.1) is 0 Å². The number of aromatic nitrogens is 3. The molecule has 0 saturated carbocycles. The van der Waals surface area contributed by atoms with E-state index >= 15 is 0 Å². The van der Waals surface area contributed by atoms with Crippen molar-refractivity contribution in [1.29, 1.82) is 0 Å². The third-order valence-corrected chi connectivity index (χ3v) is 5.62. The predicted octanol–water partition coefficient (Wildman–Crippen LogP) is 3.72. The minimum atomic E-state index is 0.295. The second-order valence-corrected chi connectivity index (χ2v) is 7.44. The van der Waals surface area contributed by atoms with Crippen molar-refractivity contribution in [2.45, 2.75) is 25.3 Å². The van der Waals surface area contributed by atoms with Crippen LogP contribution in [0.3, 0.4) is 0 Å². The summed E-state index contributed by atoms with van der Waals surface area (Å²) in [6.07, 6.45) is 9.29. The summed E-state index contributed by atoms with van der Waals surface area (Å²) in [6.45, 7) is 1.36. The van der Waals surface area contributed by atoms with Crippen LogP contribution in [0.4, 0.5) is 0 Å². The lowest BCUT2D eigenvalue weighted by atomic mass is 9.92. The zero-order chi connectivity index (χ0) is 19.6. The van der Waals surface area contributed by atoms with Gasteiger partial charge in [-0.1, -0.05) is 18.2 Å². The van der Waals surface area contributed by atoms with Gasteiger partial charge in [-0.05, 0) is 49.1 Å². The Morgan fingerprint density at radius 2 is 2.21 bits per heavy atom. The van der Waals surface area contributed by atoms with Crippen LogP contribution < -0.4 is 14.8 Å². The van der Waals surface area contributed by atoms with E-state index in [-0.39, 0.29) is 0 Å². The van der Waals surface area contributed by atoms with Gasteiger partial charge in [0.2, 0.25) is 0 Å². The molecule has 5 rings (SSSR count). The number of rotatable bonds is 5. The van der Waals surface area contributed by atoms with Gasteiger partial charge in [0.15, 0.2) is 17.3 Å². The van der Waals surface area contributed by atoms with Gasteiger partial charge in [0, 0.05) is 29.9 Å². The summed E-state index contributed by atoms with van der Waals surface area (Å²) in [4.78, 5) is 4.45. The monoisotopic (exact) mass is 388 g/mol. The first kappa shape index (κ1) is 17.9. The van der Waals surface area contributed by atoms with Crippen LogP contribution in [0.2, 0.25) is 0 Å². The molecule has 0 amide bonds. The third kappa shape index (κ3) is 3.40. The second-order valence-electron chi connectivity index (χ2n) is 7.44. The van der Waals surface area contributed by atoms with Crippen LogP contribution in [0.25, 0.3) is 11.9 Å². The summed E-state index contributed by atoms with van der Waals surface area (Å²) in [5.41, 5.74) is 4.84. The van der Waals surface area contributed by atoms with Gasteiger partial charge in [0.25, 0.3) is 0 Å². The molecule has 0 saturated heterocycles. The van der Waals surface area contributed by atoms with E-state index in [1.807, 2.05) is 47.4 Å². The molecule has 1 N–H and O–H groups in total. The SMILES string of the molecule is COc1cccc2c1OCC(CNC1CCCc3c1cnn3-c1ccccn1)=C2. The van der Waals surface area contributed by atoms with Gasteiger partial charge in [-0.15, -0.1) is 0 Å². The van der Waals surface area contributed by atoms with E-state index in [2.05, 4.69) is 27.5 Å². The van der Waals surface area contributed by atoms with E-state index in [9.17, 15) is 0 Å². The number of ether oxygens (including phenoxy) is 2. The van der Waals surface area contributed by atoms with Gasteiger partial charge in [-0.3, -0.25) is 0 Å². The molecule has 1 unspecified atom stereocenters. The number of pyridine rings is 1. The number of hydrogen-bond acceptors (Lipinski definition) is 5. The number of para-hydroxylation sites is 1. The van der Waals surface area contributed by atoms with Crippen LogP contribution in [-0.2, 0) is 6.42 Å². The van der Waals surface area contributed by atoms with E-state index in [1.165, 1.54) is 16.8 Å². The number of fused-ring (bicyclic) bond motifs is 2. The lowest BCUT2D eigenvalue weighted by Gasteiger charge is -2.26. The first-order valence-electron chi connectivity index (χ1n) is 10.0. The molecule has 1 aliphatic carbocycles. The van der Waals surface area contributed by atoms with Crippen molar-refractivity contribution in [3.05, 3.63) is 71.2 Å². The topological polar surface area (TPSA) is 61.2 Å². The molecular formula is C23H24N4O2. The Hall–Kier alpha value is -3.12. The highest BCUT2D eigenvalue weighted by atomic mass is 16.5. The van der Waals surface area contributed by atoms with Gasteiger partial charge in [-0.25, -0.2) is 9.67 Å². The fourth-order valence-electron chi connectivity index (χ4n) is 4.19. The summed E-state index contributed by atoms with van der Waals surface area (Å²) in [5.74, 6) is 2.49. The van der Waals surface area contributed by atoms with Crippen molar-refractivity contribution >= 4 is 6.08 Å². The molecule has 1 atom stereocenters. The first-order valence-corrected chi connectivity index (χ1v) is 10.0. The molecule has 2 aromatic heterocycles. The van der Waals surface area contributed by atoms with Crippen molar-refractivity contribution in [3.8, 4) is 17.3 Å². The number of methoxy groups -OCH3 is 1. The Bertz CT molecular complexity index is 1040. The van der Waals surface area contributed by atoms with E-state index in [4.69, 9.17) is 9.47 Å². The molecular weight excluding hydrogens is 364 g/mol. The summed E-state index contributed by atoms with van der Waals surface area (Å²) in [5, 5.41) is 8.34. The number of nitrogens with one attached hydrogen (secondary N) is 1. The molecule has 0 bridgehead atoms. The van der Waals surface area contributed by atoms with Crippen molar-refractivity contribution in [3.63, 3.8) is 0 Å². The predicted molar refractivity (Wildman–Crippen MR) is 112 cm³/mol. The lowest BCUT2D eigenvalue weighted by molar-refractivity contribution is 0.311. The maximum atomic E-state index is 5.97. The highest BCUT2D eigenvalue weighted by Gasteiger charge is 2.25. The Morgan fingerprint density at radius 1 is 1.24 bits per heavy atom. The van der Waals surface area contributed by atoms with Crippen LogP contribution in [0.15, 0.2) is 54.4 Å². The van der Waals surface area contributed by atoms with Gasteiger partial charge < -0.3 is 14.8 Å². The summed E-state index contributed by atoms with van der Waals surface area (Å²) in [7, 11) is 1.67. The summed E-state index contributed by atoms with van der Waals surface area (Å²) >= 11 is 0. The minimum Gasteiger partial charge on any atom is -0.493 e. The second kappa shape index (κ2) is 7.72. The van der Waals surface area contributed by atoms with Crippen LogP contribution in [0.5, 0.6) is 11.5 Å². The molecule has 0 spiro atoms. The Morgan fingerprint density at radius 3 is 3.07 bits per heavy atom. The maximum absolute atomic E-state index is 5.97. The van der Waals surface area contributed by atoms with E-state index in [0.29, 0.717) is 12.6 Å². The lowest BCUT2D eigenvalue weighted by Crippen LogP contribution is -2.29. The highest BCUT2D eigenvalue weighted by Crippen LogP contribution is 2.36. The first-order chi connectivity index (χ1) is 14.3.